The van der Waals surface area contributed by atoms with Crippen LogP contribution in [0.5, 0.6) is 11.5 Å². The molecule has 1 saturated carbocycles. The lowest BCUT2D eigenvalue weighted by Crippen LogP contribution is -2.32. The third-order valence-corrected chi connectivity index (χ3v) is 7.80. The van der Waals surface area contributed by atoms with E-state index in [-0.39, 0.29) is 27.7 Å². The Morgan fingerprint density at radius 2 is 1.91 bits per heavy atom. The average Bonchev–Trinajstić information content (AvgIpc) is 3.51. The molecule has 4 aromatic rings. The Morgan fingerprint density at radius 3 is 2.66 bits per heavy atom. The summed E-state index contributed by atoms with van der Waals surface area (Å²) in [5.74, 6) is -0.462. The molecule has 9 heteroatoms. The van der Waals surface area contributed by atoms with Gasteiger partial charge in [0, 0.05) is 23.6 Å². The molecule has 2 aromatic carbocycles. The number of nitrogens with one attached hydrogen (secondary N) is 1. The summed E-state index contributed by atoms with van der Waals surface area (Å²) in [5.41, 5.74) is 2.64. The lowest BCUT2D eigenvalue weighted by molar-refractivity contribution is 0.0977. The molecular formula is C26H21N3O5S. The number of sulfonamides is 1. The number of benzene rings is 2. The molecule has 1 aliphatic carbocycles. The first-order chi connectivity index (χ1) is 16.9. The van der Waals surface area contributed by atoms with E-state index in [4.69, 9.17) is 9.47 Å². The van der Waals surface area contributed by atoms with Gasteiger partial charge in [-0.25, -0.2) is 18.1 Å². The van der Waals surface area contributed by atoms with Crippen LogP contribution in [-0.2, 0) is 16.4 Å². The van der Waals surface area contributed by atoms with Gasteiger partial charge in [-0.1, -0.05) is 24.3 Å². The van der Waals surface area contributed by atoms with Gasteiger partial charge in [-0.15, -0.1) is 0 Å². The largest absolute Gasteiger partial charge is 0.495 e. The van der Waals surface area contributed by atoms with E-state index in [1.165, 1.54) is 13.2 Å². The summed E-state index contributed by atoms with van der Waals surface area (Å²) in [7, 11) is -2.92. The highest BCUT2D eigenvalue weighted by Crippen LogP contribution is 2.53. The summed E-state index contributed by atoms with van der Waals surface area (Å²) in [6, 6.07) is 17.8. The molecule has 1 fully saturated rings. The molecule has 0 bridgehead atoms. The van der Waals surface area contributed by atoms with Gasteiger partial charge in [0.1, 0.15) is 22.8 Å². The predicted molar refractivity (Wildman–Crippen MR) is 129 cm³/mol. The highest BCUT2D eigenvalue weighted by Gasteiger charge is 2.52. The Balaban J connectivity index is 1.34. The number of rotatable bonds is 5. The first kappa shape index (κ1) is 21.5. The highest BCUT2D eigenvalue weighted by molar-refractivity contribution is 7.90. The van der Waals surface area contributed by atoms with Crippen molar-refractivity contribution in [2.75, 3.05) is 7.11 Å². The molecule has 1 aliphatic heterocycles. The van der Waals surface area contributed by atoms with Crippen LogP contribution in [0.2, 0.25) is 0 Å². The number of hydrogen-bond donors (Lipinski definition) is 1. The summed E-state index contributed by atoms with van der Waals surface area (Å²) in [4.78, 5) is 21.7. The normalized spacial score (nSPS) is 15.5. The van der Waals surface area contributed by atoms with Crippen LogP contribution in [0.15, 0.2) is 71.8 Å². The van der Waals surface area contributed by atoms with Crippen LogP contribution in [0.1, 0.15) is 28.9 Å². The number of pyridine rings is 2. The number of nitrogens with zero attached hydrogens (tertiary/aromatic N) is 2. The van der Waals surface area contributed by atoms with Gasteiger partial charge in [0.15, 0.2) is 4.90 Å². The molecule has 8 nitrogen and oxygen atoms in total. The lowest BCUT2D eigenvalue weighted by atomic mass is 10.0. The zero-order chi connectivity index (χ0) is 24.2. The maximum Gasteiger partial charge on any atom is 0.283 e. The minimum Gasteiger partial charge on any atom is -0.495 e. The molecule has 2 aromatic heterocycles. The van der Waals surface area contributed by atoms with E-state index in [0.29, 0.717) is 11.9 Å². The highest BCUT2D eigenvalue weighted by atomic mass is 32.2. The van der Waals surface area contributed by atoms with E-state index in [1.807, 2.05) is 36.4 Å². The number of hydrogen-bond acceptors (Lipinski definition) is 7. The maximum absolute atomic E-state index is 13.4. The summed E-state index contributed by atoms with van der Waals surface area (Å²) in [6.45, 7) is 0. The van der Waals surface area contributed by atoms with Crippen LogP contribution in [0, 0.1) is 0 Å². The monoisotopic (exact) mass is 487 g/mol. The van der Waals surface area contributed by atoms with Crippen LogP contribution in [0.3, 0.4) is 0 Å². The zero-order valence-electron chi connectivity index (χ0n) is 18.8. The molecule has 35 heavy (non-hydrogen) atoms. The smallest absolute Gasteiger partial charge is 0.283 e. The van der Waals surface area contributed by atoms with Crippen LogP contribution in [-0.4, -0.2) is 37.0 Å². The molecule has 0 radical (unpaired) electrons. The fourth-order valence-corrected chi connectivity index (χ4v) is 5.81. The van der Waals surface area contributed by atoms with E-state index < -0.39 is 15.9 Å². The molecule has 1 N–H and O–H groups in total. The lowest BCUT2D eigenvalue weighted by Gasteiger charge is -2.15. The summed E-state index contributed by atoms with van der Waals surface area (Å²) < 4.78 is 40.2. The van der Waals surface area contributed by atoms with Gasteiger partial charge < -0.3 is 9.47 Å². The minimum atomic E-state index is -4.30. The van der Waals surface area contributed by atoms with Gasteiger partial charge in [-0.05, 0) is 54.8 Å². The Bertz CT molecular complexity index is 1600. The number of fused-ring (bicyclic) bond motifs is 2. The fraction of sp³-hybridized carbons (Fsp3) is 0.192. The number of methoxy groups -OCH3 is 1. The Labute approximate surface area is 202 Å². The fourth-order valence-electron chi connectivity index (χ4n) is 4.52. The van der Waals surface area contributed by atoms with Gasteiger partial charge in [-0.2, -0.15) is 0 Å². The van der Waals surface area contributed by atoms with Crippen molar-refractivity contribution in [3.63, 3.8) is 0 Å². The molecule has 1 spiro atoms. The van der Waals surface area contributed by atoms with Crippen molar-refractivity contribution in [3.05, 3.63) is 78.1 Å². The van der Waals surface area contributed by atoms with Crippen molar-refractivity contribution < 1.29 is 22.7 Å². The minimum absolute atomic E-state index is 0.0228. The Hall–Kier alpha value is -3.98. The average molecular weight is 488 g/mol. The Morgan fingerprint density at radius 1 is 1.06 bits per heavy atom. The number of ether oxygens (including phenoxy) is 2. The van der Waals surface area contributed by atoms with Gasteiger partial charge >= 0.3 is 0 Å². The maximum atomic E-state index is 13.4. The third-order valence-electron chi connectivity index (χ3n) is 6.42. The van der Waals surface area contributed by atoms with Gasteiger partial charge in [0.05, 0.1) is 18.3 Å². The molecule has 176 valence electrons. The molecule has 0 unspecified atom stereocenters. The zero-order valence-corrected chi connectivity index (χ0v) is 19.6. The molecule has 0 saturated heterocycles. The number of carbonyl (C=O) groups excluding carboxylic acids is 1. The summed E-state index contributed by atoms with van der Waals surface area (Å²) >= 11 is 0. The van der Waals surface area contributed by atoms with Crippen molar-refractivity contribution in [1.82, 2.24) is 14.7 Å². The standard InChI is InChI=1S/C26H21N3O5S/c1-33-22-11-8-16-15-26(12-13-26)34-23(16)24(22)35(31,32)29-25(30)21-10-9-18-17(5-4-7-20(18)28-21)19-6-2-3-14-27-19/h2-11,14H,12-13,15H2,1H3,(H,29,30). The van der Waals surface area contributed by atoms with E-state index >= 15 is 0 Å². The van der Waals surface area contributed by atoms with Crippen molar-refractivity contribution in [2.45, 2.75) is 29.8 Å². The molecule has 2 aliphatic rings. The molecule has 6 rings (SSSR count). The summed E-state index contributed by atoms with van der Waals surface area (Å²) in [5, 5.41) is 0.802. The first-order valence-corrected chi connectivity index (χ1v) is 12.6. The number of aromatic nitrogens is 2. The van der Waals surface area contributed by atoms with Gasteiger partial charge in [0.25, 0.3) is 15.9 Å². The van der Waals surface area contributed by atoms with Crippen LogP contribution < -0.4 is 14.2 Å². The number of carbonyl (C=O) groups is 1. The Kier molecular flexibility index (Phi) is 4.79. The predicted octanol–water partition coefficient (Wildman–Crippen LogP) is 3.89. The van der Waals surface area contributed by atoms with Gasteiger partial charge in [-0.3, -0.25) is 9.78 Å². The van der Waals surface area contributed by atoms with Gasteiger partial charge in [0.2, 0.25) is 0 Å². The third kappa shape index (κ3) is 3.68. The van der Waals surface area contributed by atoms with Crippen molar-refractivity contribution in [1.29, 1.82) is 0 Å². The van der Waals surface area contributed by atoms with E-state index in [0.717, 1.165) is 35.0 Å². The van der Waals surface area contributed by atoms with Crippen molar-refractivity contribution >= 4 is 26.8 Å². The van der Waals surface area contributed by atoms with E-state index in [1.54, 1.807) is 24.4 Å². The molecule has 3 heterocycles. The topological polar surface area (TPSA) is 107 Å². The quantitative estimate of drug-likeness (QED) is 0.455. The molecule has 1 amide bonds. The van der Waals surface area contributed by atoms with Crippen molar-refractivity contribution in [2.24, 2.45) is 0 Å². The second-order valence-electron chi connectivity index (χ2n) is 8.77. The van der Waals surface area contributed by atoms with E-state index in [2.05, 4.69) is 14.7 Å². The van der Waals surface area contributed by atoms with E-state index in [9.17, 15) is 13.2 Å². The second kappa shape index (κ2) is 7.78. The van der Waals surface area contributed by atoms with Crippen LogP contribution >= 0.6 is 0 Å². The second-order valence-corrected chi connectivity index (χ2v) is 10.4. The van der Waals surface area contributed by atoms with Crippen LogP contribution in [0.4, 0.5) is 0 Å². The summed E-state index contributed by atoms with van der Waals surface area (Å²) in [6.07, 6.45) is 4.10. The van der Waals surface area contributed by atoms with Crippen LogP contribution in [0.25, 0.3) is 22.2 Å². The molecular weight excluding hydrogens is 466 g/mol. The number of amides is 1. The molecule has 0 atom stereocenters. The van der Waals surface area contributed by atoms with Crippen molar-refractivity contribution in [3.8, 4) is 22.8 Å². The SMILES string of the molecule is COc1ccc2c(c1S(=O)(=O)NC(=O)c1ccc3c(-c4ccccn4)cccc3n1)OC1(CC1)C2. The first-order valence-electron chi connectivity index (χ1n) is 11.2.